The van der Waals surface area contributed by atoms with Crippen LogP contribution in [0.1, 0.15) is 41.6 Å². The molecule has 1 amide bonds. The maximum absolute atomic E-state index is 13.6. The first-order valence-electron chi connectivity index (χ1n) is 15.2. The standard InChI is InChI=1S/C35H38N2O7/c1-23-19-27-20-26(10-11-28(27)44-23)33(38)31-32(37(35(40)34(31)39)14-6-13-36-15-17-42-18-16-36)25-9-12-29(30(21-25)41-2)43-22-24-7-4-3-5-8-24/h3-5,7-12,20-21,23,32,38H,6,13-19,22H2,1-2H3/t23-,32+/m1/s1. The van der Waals surface area contributed by atoms with Crippen LogP contribution in [0.4, 0.5) is 0 Å². The van der Waals surface area contributed by atoms with Crippen molar-refractivity contribution in [3.63, 3.8) is 0 Å². The Balaban J connectivity index is 1.34. The fourth-order valence-electron chi connectivity index (χ4n) is 6.18. The van der Waals surface area contributed by atoms with Gasteiger partial charge in [0.15, 0.2) is 11.5 Å². The molecule has 1 N–H and O–H groups in total. The highest BCUT2D eigenvalue weighted by Crippen LogP contribution is 2.43. The van der Waals surface area contributed by atoms with E-state index in [1.807, 2.05) is 55.5 Å². The summed E-state index contributed by atoms with van der Waals surface area (Å²) in [6.07, 6.45) is 1.42. The van der Waals surface area contributed by atoms with Gasteiger partial charge >= 0.3 is 0 Å². The molecular weight excluding hydrogens is 560 g/mol. The third kappa shape index (κ3) is 6.16. The average molecular weight is 599 g/mol. The number of rotatable bonds is 10. The number of Topliss-reactive ketones (excluding diaryl/α,β-unsaturated/α-hetero) is 1. The van der Waals surface area contributed by atoms with E-state index < -0.39 is 17.7 Å². The second-order valence-corrected chi connectivity index (χ2v) is 11.4. The number of hydrogen-bond acceptors (Lipinski definition) is 8. The van der Waals surface area contributed by atoms with E-state index in [0.717, 1.165) is 36.5 Å². The largest absolute Gasteiger partial charge is 0.507 e. The second kappa shape index (κ2) is 13.1. The maximum atomic E-state index is 13.6. The molecule has 6 rings (SSSR count). The van der Waals surface area contributed by atoms with Crippen LogP contribution in [-0.2, 0) is 27.4 Å². The Kier molecular flexibility index (Phi) is 8.86. The Morgan fingerprint density at radius 1 is 0.977 bits per heavy atom. The van der Waals surface area contributed by atoms with Crippen LogP contribution in [0.25, 0.3) is 5.76 Å². The lowest BCUT2D eigenvalue weighted by Crippen LogP contribution is -2.39. The molecule has 2 fully saturated rings. The maximum Gasteiger partial charge on any atom is 0.295 e. The quantitative estimate of drug-likeness (QED) is 0.203. The van der Waals surface area contributed by atoms with Crippen molar-refractivity contribution < 1.29 is 33.6 Å². The van der Waals surface area contributed by atoms with Gasteiger partial charge in [-0.1, -0.05) is 36.4 Å². The Morgan fingerprint density at radius 2 is 1.77 bits per heavy atom. The van der Waals surface area contributed by atoms with Gasteiger partial charge < -0.3 is 29.0 Å². The number of amides is 1. The molecule has 2 saturated heterocycles. The molecule has 3 heterocycles. The number of fused-ring (bicyclic) bond motifs is 1. The fourth-order valence-corrected chi connectivity index (χ4v) is 6.18. The number of carbonyl (C=O) groups excluding carboxylic acids is 2. The van der Waals surface area contributed by atoms with Crippen LogP contribution in [0.5, 0.6) is 17.2 Å². The molecule has 9 nitrogen and oxygen atoms in total. The summed E-state index contributed by atoms with van der Waals surface area (Å²) in [4.78, 5) is 31.1. The van der Waals surface area contributed by atoms with Gasteiger partial charge in [0.2, 0.25) is 0 Å². The summed E-state index contributed by atoms with van der Waals surface area (Å²) in [5.41, 5.74) is 3.17. The Hall–Kier alpha value is -4.34. The lowest BCUT2D eigenvalue weighted by molar-refractivity contribution is -0.140. The van der Waals surface area contributed by atoms with Gasteiger partial charge in [0.25, 0.3) is 11.7 Å². The molecule has 0 saturated carbocycles. The van der Waals surface area contributed by atoms with Crippen molar-refractivity contribution in [2.45, 2.75) is 38.5 Å². The number of carbonyl (C=O) groups is 2. The Labute approximate surface area is 257 Å². The molecule has 3 aliphatic rings. The highest BCUT2D eigenvalue weighted by atomic mass is 16.5. The number of benzene rings is 3. The second-order valence-electron chi connectivity index (χ2n) is 11.4. The minimum absolute atomic E-state index is 0.0366. The molecule has 0 spiro atoms. The van der Waals surface area contributed by atoms with E-state index >= 15 is 0 Å². The van der Waals surface area contributed by atoms with Crippen LogP contribution < -0.4 is 14.2 Å². The average Bonchev–Trinajstić information content (AvgIpc) is 3.55. The monoisotopic (exact) mass is 598 g/mol. The van der Waals surface area contributed by atoms with Crippen molar-refractivity contribution in [3.8, 4) is 17.2 Å². The summed E-state index contributed by atoms with van der Waals surface area (Å²) in [6, 6.07) is 19.8. The zero-order valence-corrected chi connectivity index (χ0v) is 25.2. The van der Waals surface area contributed by atoms with Crippen molar-refractivity contribution in [1.82, 2.24) is 9.80 Å². The highest BCUT2D eigenvalue weighted by molar-refractivity contribution is 6.46. The molecule has 3 aliphatic heterocycles. The summed E-state index contributed by atoms with van der Waals surface area (Å²) in [5.74, 6) is 0.255. The fraction of sp³-hybridized carbons (Fsp3) is 0.371. The molecule has 0 bridgehead atoms. The van der Waals surface area contributed by atoms with Crippen molar-refractivity contribution >= 4 is 17.4 Å². The summed E-state index contributed by atoms with van der Waals surface area (Å²) in [5, 5.41) is 11.6. The first kappa shape index (κ1) is 29.7. The third-order valence-electron chi connectivity index (χ3n) is 8.43. The minimum atomic E-state index is -0.791. The SMILES string of the molecule is COc1cc([C@H]2C(=C(O)c3ccc4c(c3)C[C@@H](C)O4)C(=O)C(=O)N2CCCN2CCOCC2)ccc1OCc1ccccc1. The van der Waals surface area contributed by atoms with Gasteiger partial charge in [-0.15, -0.1) is 0 Å². The molecule has 2 atom stereocenters. The number of likely N-dealkylation sites (tertiary alicyclic amines) is 1. The van der Waals surface area contributed by atoms with Crippen LogP contribution in [0.15, 0.2) is 72.3 Å². The third-order valence-corrected chi connectivity index (χ3v) is 8.43. The van der Waals surface area contributed by atoms with Gasteiger partial charge in [-0.3, -0.25) is 14.5 Å². The summed E-state index contributed by atoms with van der Waals surface area (Å²) in [7, 11) is 1.56. The Bertz CT molecular complexity index is 1550. The lowest BCUT2D eigenvalue weighted by Gasteiger charge is -2.29. The number of methoxy groups -OCH3 is 1. The zero-order valence-electron chi connectivity index (χ0n) is 25.2. The summed E-state index contributed by atoms with van der Waals surface area (Å²) < 4.78 is 23.1. The number of ether oxygens (including phenoxy) is 4. The molecule has 230 valence electrons. The lowest BCUT2D eigenvalue weighted by atomic mass is 9.94. The summed E-state index contributed by atoms with van der Waals surface area (Å²) in [6.45, 7) is 6.53. The molecule has 0 unspecified atom stereocenters. The molecule has 0 aliphatic carbocycles. The van der Waals surface area contributed by atoms with Crippen molar-refractivity contribution in [3.05, 3.63) is 94.6 Å². The number of nitrogens with zero attached hydrogens (tertiary/aromatic N) is 2. The van der Waals surface area contributed by atoms with E-state index in [4.69, 9.17) is 18.9 Å². The van der Waals surface area contributed by atoms with Gasteiger partial charge in [0.05, 0.1) is 31.9 Å². The molecule has 44 heavy (non-hydrogen) atoms. The summed E-state index contributed by atoms with van der Waals surface area (Å²) >= 11 is 0. The molecule has 3 aromatic rings. The minimum Gasteiger partial charge on any atom is -0.507 e. The number of aliphatic hydroxyl groups is 1. The zero-order chi connectivity index (χ0) is 30.6. The van der Waals surface area contributed by atoms with Gasteiger partial charge in [0, 0.05) is 38.2 Å². The predicted octanol–water partition coefficient (Wildman–Crippen LogP) is 4.74. The molecule has 3 aromatic carbocycles. The van der Waals surface area contributed by atoms with Crippen LogP contribution in [0.3, 0.4) is 0 Å². The number of ketones is 1. The van der Waals surface area contributed by atoms with Crippen LogP contribution in [0, 0.1) is 0 Å². The van der Waals surface area contributed by atoms with Crippen molar-refractivity contribution in [1.29, 1.82) is 0 Å². The van der Waals surface area contributed by atoms with E-state index in [-0.39, 0.29) is 17.4 Å². The topological polar surface area (TPSA) is 97.8 Å². The van der Waals surface area contributed by atoms with Crippen LogP contribution in [-0.4, -0.2) is 79.2 Å². The van der Waals surface area contributed by atoms with Crippen LogP contribution >= 0.6 is 0 Å². The predicted molar refractivity (Wildman–Crippen MR) is 165 cm³/mol. The molecule has 9 heteroatoms. The molecule has 0 radical (unpaired) electrons. The van der Waals surface area contributed by atoms with E-state index in [1.54, 1.807) is 30.2 Å². The first-order valence-corrected chi connectivity index (χ1v) is 15.2. The van der Waals surface area contributed by atoms with E-state index in [1.165, 1.54) is 0 Å². The molecule has 0 aromatic heterocycles. The number of aliphatic hydroxyl groups excluding tert-OH is 1. The first-order chi connectivity index (χ1) is 21.4. The Morgan fingerprint density at radius 3 is 2.55 bits per heavy atom. The smallest absolute Gasteiger partial charge is 0.295 e. The van der Waals surface area contributed by atoms with Crippen molar-refractivity contribution in [2.75, 3.05) is 46.5 Å². The van der Waals surface area contributed by atoms with Gasteiger partial charge in [-0.25, -0.2) is 0 Å². The van der Waals surface area contributed by atoms with Gasteiger partial charge in [-0.05, 0) is 60.4 Å². The highest BCUT2D eigenvalue weighted by Gasteiger charge is 2.46. The van der Waals surface area contributed by atoms with E-state index in [9.17, 15) is 14.7 Å². The normalized spacial score (nSPS) is 21.3. The number of morpholine rings is 1. The number of hydrogen-bond donors (Lipinski definition) is 1. The van der Waals surface area contributed by atoms with Crippen molar-refractivity contribution in [2.24, 2.45) is 0 Å². The van der Waals surface area contributed by atoms with Gasteiger partial charge in [0.1, 0.15) is 24.2 Å². The van der Waals surface area contributed by atoms with E-state index in [0.29, 0.717) is 61.8 Å². The molecular formula is C35H38N2O7. The van der Waals surface area contributed by atoms with Crippen LogP contribution in [0.2, 0.25) is 0 Å². The van der Waals surface area contributed by atoms with E-state index in [2.05, 4.69) is 4.90 Å². The van der Waals surface area contributed by atoms with Gasteiger partial charge in [-0.2, -0.15) is 0 Å².